The van der Waals surface area contributed by atoms with Gasteiger partial charge in [0, 0.05) is 11.9 Å². The Hall–Kier alpha value is -0.440. The van der Waals surface area contributed by atoms with Crippen molar-refractivity contribution in [2.24, 2.45) is 0 Å². The quantitative estimate of drug-likeness (QED) is 0.770. The summed E-state index contributed by atoms with van der Waals surface area (Å²) in [6.45, 7) is 2.04. The Morgan fingerprint density at radius 3 is 2.44 bits per heavy atom. The maximum absolute atomic E-state index is 6.12. The Labute approximate surface area is 107 Å². The molecule has 0 fully saturated rings. The summed E-state index contributed by atoms with van der Waals surface area (Å²) in [5.74, 6) is 1.24. The number of methoxy groups -OCH3 is 1. The van der Waals surface area contributed by atoms with E-state index in [0.717, 1.165) is 11.1 Å². The summed E-state index contributed by atoms with van der Waals surface area (Å²) in [5.41, 5.74) is 2.28. The molecule has 0 aliphatic rings. The summed E-state index contributed by atoms with van der Waals surface area (Å²) in [4.78, 5) is 2.08. The second kappa shape index (κ2) is 5.76. The third-order valence-corrected chi connectivity index (χ3v) is 3.26. The van der Waals surface area contributed by atoms with E-state index in [1.54, 1.807) is 7.11 Å². The molecule has 0 saturated carbocycles. The number of nitrogens with zero attached hydrogens (tertiary/aromatic N) is 1. The van der Waals surface area contributed by atoms with E-state index < -0.39 is 0 Å². The van der Waals surface area contributed by atoms with Crippen LogP contribution in [0.5, 0.6) is 5.75 Å². The molecule has 0 radical (unpaired) electrons. The Kier molecular flexibility index (Phi) is 4.90. The predicted octanol–water partition coefficient (Wildman–Crippen LogP) is 3.50. The third-order valence-electron chi connectivity index (χ3n) is 2.67. The van der Waals surface area contributed by atoms with Crippen molar-refractivity contribution in [3.05, 3.63) is 28.3 Å². The normalized spacial score (nSPS) is 12.9. The SMILES string of the molecule is COc1cc(C)c(C(CCl)N(C)C)cc1Cl. The zero-order valence-corrected chi connectivity index (χ0v) is 11.6. The minimum atomic E-state index is 0.171. The van der Waals surface area contributed by atoms with Crippen LogP contribution in [0.1, 0.15) is 17.2 Å². The van der Waals surface area contributed by atoms with E-state index in [1.807, 2.05) is 33.2 Å². The molecular weight excluding hydrogens is 245 g/mol. The monoisotopic (exact) mass is 261 g/mol. The smallest absolute Gasteiger partial charge is 0.137 e. The molecule has 0 N–H and O–H groups in total. The summed E-state index contributed by atoms with van der Waals surface area (Å²) < 4.78 is 5.18. The van der Waals surface area contributed by atoms with Crippen LogP contribution in [0.2, 0.25) is 5.02 Å². The minimum Gasteiger partial charge on any atom is -0.495 e. The van der Waals surface area contributed by atoms with Gasteiger partial charge in [-0.1, -0.05) is 11.6 Å². The fourth-order valence-corrected chi connectivity index (χ4v) is 2.38. The van der Waals surface area contributed by atoms with Crippen molar-refractivity contribution in [1.29, 1.82) is 0 Å². The second-order valence-electron chi connectivity index (χ2n) is 3.98. The Balaban J connectivity index is 3.18. The Morgan fingerprint density at radius 2 is 2.00 bits per heavy atom. The van der Waals surface area contributed by atoms with Crippen molar-refractivity contribution in [2.45, 2.75) is 13.0 Å². The van der Waals surface area contributed by atoms with Gasteiger partial charge in [0.2, 0.25) is 0 Å². The first-order chi connectivity index (χ1) is 7.51. The molecular formula is C12H17Cl2NO. The number of halogens is 2. The Bertz CT molecular complexity index is 366. The van der Waals surface area contributed by atoms with Gasteiger partial charge in [0.15, 0.2) is 0 Å². The van der Waals surface area contributed by atoms with Gasteiger partial charge in [0.05, 0.1) is 12.1 Å². The van der Waals surface area contributed by atoms with Crippen molar-refractivity contribution in [2.75, 3.05) is 27.1 Å². The van der Waals surface area contributed by atoms with E-state index in [4.69, 9.17) is 27.9 Å². The lowest BCUT2D eigenvalue weighted by Crippen LogP contribution is -2.22. The number of ether oxygens (including phenoxy) is 1. The molecule has 2 nitrogen and oxygen atoms in total. The summed E-state index contributed by atoms with van der Waals surface area (Å²) in [5, 5.41) is 0.625. The van der Waals surface area contributed by atoms with Crippen LogP contribution in [0.3, 0.4) is 0 Å². The molecule has 16 heavy (non-hydrogen) atoms. The maximum atomic E-state index is 6.12. The van der Waals surface area contributed by atoms with Crippen molar-refractivity contribution in [1.82, 2.24) is 4.90 Å². The summed E-state index contributed by atoms with van der Waals surface area (Å²) in [6.07, 6.45) is 0. The highest BCUT2D eigenvalue weighted by atomic mass is 35.5. The van der Waals surface area contributed by atoms with Crippen molar-refractivity contribution < 1.29 is 4.74 Å². The van der Waals surface area contributed by atoms with E-state index in [9.17, 15) is 0 Å². The molecule has 1 atom stereocenters. The average molecular weight is 262 g/mol. The molecule has 0 aromatic heterocycles. The van der Waals surface area contributed by atoms with Gasteiger partial charge in [-0.15, -0.1) is 11.6 Å². The van der Waals surface area contributed by atoms with E-state index >= 15 is 0 Å². The van der Waals surface area contributed by atoms with Crippen LogP contribution < -0.4 is 4.74 Å². The molecule has 0 aliphatic heterocycles. The lowest BCUT2D eigenvalue weighted by atomic mass is 10.0. The molecule has 1 aromatic rings. The van der Waals surface area contributed by atoms with Gasteiger partial charge in [0.1, 0.15) is 5.75 Å². The minimum absolute atomic E-state index is 0.171. The summed E-state index contributed by atoms with van der Waals surface area (Å²) in [7, 11) is 5.63. The van der Waals surface area contributed by atoms with Crippen molar-refractivity contribution in [3.8, 4) is 5.75 Å². The molecule has 1 rings (SSSR count). The highest BCUT2D eigenvalue weighted by molar-refractivity contribution is 6.32. The van der Waals surface area contributed by atoms with Gasteiger partial charge >= 0.3 is 0 Å². The van der Waals surface area contributed by atoms with Crippen LogP contribution in [0.15, 0.2) is 12.1 Å². The summed E-state index contributed by atoms with van der Waals surface area (Å²) >= 11 is 12.1. The van der Waals surface area contributed by atoms with Gasteiger partial charge < -0.3 is 9.64 Å². The van der Waals surface area contributed by atoms with Crippen LogP contribution >= 0.6 is 23.2 Å². The first-order valence-electron chi connectivity index (χ1n) is 5.07. The number of aryl methyl sites for hydroxylation is 1. The lowest BCUT2D eigenvalue weighted by molar-refractivity contribution is 0.323. The molecule has 4 heteroatoms. The van der Waals surface area contributed by atoms with Gasteiger partial charge in [-0.2, -0.15) is 0 Å². The number of benzene rings is 1. The van der Waals surface area contributed by atoms with Crippen LogP contribution in [-0.2, 0) is 0 Å². The molecule has 0 aliphatic carbocycles. The van der Waals surface area contributed by atoms with Crippen molar-refractivity contribution >= 4 is 23.2 Å². The van der Waals surface area contributed by atoms with E-state index in [0.29, 0.717) is 16.7 Å². The van der Waals surface area contributed by atoms with E-state index in [-0.39, 0.29) is 6.04 Å². The zero-order chi connectivity index (χ0) is 12.3. The number of hydrogen-bond acceptors (Lipinski definition) is 2. The molecule has 1 unspecified atom stereocenters. The van der Waals surface area contributed by atoms with Crippen LogP contribution in [0.4, 0.5) is 0 Å². The largest absolute Gasteiger partial charge is 0.495 e. The topological polar surface area (TPSA) is 12.5 Å². The highest BCUT2D eigenvalue weighted by Crippen LogP contribution is 2.32. The molecule has 0 spiro atoms. The predicted molar refractivity (Wildman–Crippen MR) is 69.9 cm³/mol. The van der Waals surface area contributed by atoms with E-state index in [2.05, 4.69) is 4.90 Å². The van der Waals surface area contributed by atoms with E-state index in [1.165, 1.54) is 0 Å². The van der Waals surface area contributed by atoms with Crippen molar-refractivity contribution in [3.63, 3.8) is 0 Å². The maximum Gasteiger partial charge on any atom is 0.137 e. The highest BCUT2D eigenvalue weighted by Gasteiger charge is 2.17. The molecule has 0 bridgehead atoms. The molecule has 90 valence electrons. The third kappa shape index (κ3) is 2.82. The first kappa shape index (κ1) is 13.6. The Morgan fingerprint density at radius 1 is 1.38 bits per heavy atom. The lowest BCUT2D eigenvalue weighted by Gasteiger charge is -2.24. The molecule has 0 saturated heterocycles. The summed E-state index contributed by atoms with van der Waals surface area (Å²) in [6, 6.07) is 4.05. The van der Waals surface area contributed by atoms with Gasteiger partial charge in [0.25, 0.3) is 0 Å². The van der Waals surface area contributed by atoms with Gasteiger partial charge in [-0.25, -0.2) is 0 Å². The number of alkyl halides is 1. The first-order valence-corrected chi connectivity index (χ1v) is 5.99. The van der Waals surface area contributed by atoms with Gasteiger partial charge in [-0.3, -0.25) is 0 Å². The average Bonchev–Trinajstić information content (AvgIpc) is 2.23. The molecule has 0 heterocycles. The number of hydrogen-bond donors (Lipinski definition) is 0. The van der Waals surface area contributed by atoms with Crippen LogP contribution in [0, 0.1) is 6.92 Å². The second-order valence-corrected chi connectivity index (χ2v) is 4.69. The standard InChI is InChI=1S/C12H17Cl2NO/c1-8-5-12(16-4)10(14)6-9(8)11(7-13)15(2)3/h5-6,11H,7H2,1-4H3. The zero-order valence-electron chi connectivity index (χ0n) is 10.1. The van der Waals surface area contributed by atoms with Crippen LogP contribution in [-0.4, -0.2) is 32.0 Å². The molecule has 0 amide bonds. The fourth-order valence-electron chi connectivity index (χ4n) is 1.69. The van der Waals surface area contributed by atoms with Crippen LogP contribution in [0.25, 0.3) is 0 Å². The molecule has 1 aromatic carbocycles. The number of rotatable bonds is 4. The fraction of sp³-hybridized carbons (Fsp3) is 0.500. The van der Waals surface area contributed by atoms with Gasteiger partial charge in [-0.05, 0) is 44.3 Å².